The monoisotopic (exact) mass is 220 g/mol. The third kappa shape index (κ3) is 2.49. The van der Waals surface area contributed by atoms with Crippen molar-refractivity contribution in [2.24, 2.45) is 0 Å². The quantitative estimate of drug-likeness (QED) is 0.409. The fraction of sp³-hybridized carbons (Fsp3) is 1.00. The molecule has 0 bridgehead atoms. The Morgan fingerprint density at radius 1 is 1.13 bits per heavy atom. The largest absolute Gasteiger partial charge is 0.390 e. The summed E-state index contributed by atoms with van der Waals surface area (Å²) in [7, 11) is 0. The van der Waals surface area contributed by atoms with E-state index in [0.29, 0.717) is 12.8 Å². The smallest absolute Gasteiger partial charge is 0.111 e. The lowest BCUT2D eigenvalue weighted by molar-refractivity contribution is -0.220. The minimum absolute atomic E-state index is 0.105. The minimum Gasteiger partial charge on any atom is -0.390 e. The van der Waals surface area contributed by atoms with Crippen LogP contribution in [0.15, 0.2) is 0 Å². The van der Waals surface area contributed by atoms with Gasteiger partial charge in [0.05, 0.1) is 11.7 Å². The van der Waals surface area contributed by atoms with E-state index in [1.807, 2.05) is 6.92 Å². The number of hydrogen-bond donors (Lipinski definition) is 5. The summed E-state index contributed by atoms with van der Waals surface area (Å²) < 4.78 is 0. The minimum atomic E-state index is -1.49. The van der Waals surface area contributed by atoms with Gasteiger partial charge in [0.25, 0.3) is 0 Å². The number of hydrogen-bond acceptors (Lipinski definition) is 5. The molecule has 0 amide bonds. The Labute approximate surface area is 89.0 Å². The SMILES string of the molecule is CCCCC1(O)CC(O)C(O)C(O)C1O. The Kier molecular flexibility index (Phi) is 4.08. The van der Waals surface area contributed by atoms with Crippen LogP contribution in [-0.4, -0.2) is 55.5 Å². The maximum atomic E-state index is 10.0. The molecular formula is C10H20O5. The molecule has 5 nitrogen and oxygen atoms in total. The normalized spacial score (nSPS) is 46.8. The van der Waals surface area contributed by atoms with Crippen LogP contribution in [-0.2, 0) is 0 Å². The highest BCUT2D eigenvalue weighted by atomic mass is 16.4. The molecule has 0 aromatic rings. The second-order valence-corrected chi connectivity index (χ2v) is 4.40. The Hall–Kier alpha value is -0.200. The van der Waals surface area contributed by atoms with Crippen LogP contribution >= 0.6 is 0 Å². The van der Waals surface area contributed by atoms with Crippen molar-refractivity contribution in [3.63, 3.8) is 0 Å². The Bertz CT molecular complexity index is 210. The molecule has 0 heterocycles. The molecule has 1 fully saturated rings. The number of rotatable bonds is 3. The molecule has 5 atom stereocenters. The van der Waals surface area contributed by atoms with Crippen LogP contribution < -0.4 is 0 Å². The molecule has 1 aliphatic rings. The molecule has 0 aromatic heterocycles. The topological polar surface area (TPSA) is 101 Å². The van der Waals surface area contributed by atoms with Crippen LogP contribution in [0.4, 0.5) is 0 Å². The summed E-state index contributed by atoms with van der Waals surface area (Å²) in [5.74, 6) is 0. The Morgan fingerprint density at radius 2 is 1.73 bits per heavy atom. The van der Waals surface area contributed by atoms with Gasteiger partial charge in [-0.1, -0.05) is 19.8 Å². The number of unbranched alkanes of at least 4 members (excludes halogenated alkanes) is 1. The van der Waals surface area contributed by atoms with Gasteiger partial charge in [0.15, 0.2) is 0 Å². The first-order valence-electron chi connectivity index (χ1n) is 5.37. The van der Waals surface area contributed by atoms with Gasteiger partial charge in [-0.25, -0.2) is 0 Å². The van der Waals surface area contributed by atoms with Crippen molar-refractivity contribution in [3.8, 4) is 0 Å². The molecule has 0 spiro atoms. The standard InChI is InChI=1S/C10H20O5/c1-2-3-4-10(15)5-6(11)7(12)8(13)9(10)14/h6-9,11-15H,2-5H2,1H3. The van der Waals surface area contributed by atoms with Crippen LogP contribution in [0, 0.1) is 0 Å². The van der Waals surface area contributed by atoms with Gasteiger partial charge in [-0.15, -0.1) is 0 Å². The van der Waals surface area contributed by atoms with E-state index < -0.39 is 30.0 Å². The summed E-state index contributed by atoms with van der Waals surface area (Å²) >= 11 is 0. The predicted molar refractivity (Wildman–Crippen MR) is 53.1 cm³/mol. The number of aliphatic hydroxyl groups is 5. The molecule has 0 aliphatic heterocycles. The molecule has 5 N–H and O–H groups in total. The molecular weight excluding hydrogens is 200 g/mol. The molecule has 90 valence electrons. The fourth-order valence-electron chi connectivity index (χ4n) is 2.07. The van der Waals surface area contributed by atoms with E-state index in [-0.39, 0.29) is 6.42 Å². The summed E-state index contributed by atoms with van der Waals surface area (Å²) in [5, 5.41) is 47.8. The zero-order chi connectivity index (χ0) is 11.6. The van der Waals surface area contributed by atoms with Crippen molar-refractivity contribution in [1.82, 2.24) is 0 Å². The van der Waals surface area contributed by atoms with E-state index in [4.69, 9.17) is 0 Å². The predicted octanol–water partition coefficient (Wildman–Crippen LogP) is -1.25. The second kappa shape index (κ2) is 4.76. The van der Waals surface area contributed by atoms with Crippen molar-refractivity contribution in [2.75, 3.05) is 0 Å². The first-order valence-corrected chi connectivity index (χ1v) is 5.37. The van der Waals surface area contributed by atoms with Crippen molar-refractivity contribution in [3.05, 3.63) is 0 Å². The first kappa shape index (κ1) is 12.9. The zero-order valence-corrected chi connectivity index (χ0v) is 8.87. The molecule has 0 aromatic carbocycles. The van der Waals surface area contributed by atoms with Crippen molar-refractivity contribution >= 4 is 0 Å². The van der Waals surface area contributed by atoms with Gasteiger partial charge >= 0.3 is 0 Å². The molecule has 1 saturated carbocycles. The molecule has 1 rings (SSSR count). The first-order chi connectivity index (χ1) is 6.92. The molecule has 5 unspecified atom stereocenters. The van der Waals surface area contributed by atoms with E-state index in [2.05, 4.69) is 0 Å². The van der Waals surface area contributed by atoms with E-state index in [1.165, 1.54) is 0 Å². The van der Waals surface area contributed by atoms with Gasteiger partial charge in [0.2, 0.25) is 0 Å². The van der Waals surface area contributed by atoms with Crippen LogP contribution in [0.2, 0.25) is 0 Å². The van der Waals surface area contributed by atoms with Gasteiger partial charge in [-0.3, -0.25) is 0 Å². The molecule has 15 heavy (non-hydrogen) atoms. The van der Waals surface area contributed by atoms with E-state index >= 15 is 0 Å². The lowest BCUT2D eigenvalue weighted by atomic mass is 9.74. The molecule has 1 aliphatic carbocycles. The number of aliphatic hydroxyl groups excluding tert-OH is 4. The highest BCUT2D eigenvalue weighted by Gasteiger charge is 2.50. The van der Waals surface area contributed by atoms with Crippen molar-refractivity contribution < 1.29 is 25.5 Å². The third-order valence-corrected chi connectivity index (χ3v) is 3.14. The summed E-state index contributed by atoms with van der Waals surface area (Å²) in [4.78, 5) is 0. The van der Waals surface area contributed by atoms with Gasteiger partial charge < -0.3 is 25.5 Å². The maximum absolute atomic E-state index is 10.0. The average molecular weight is 220 g/mol. The van der Waals surface area contributed by atoms with Gasteiger partial charge in [-0.2, -0.15) is 0 Å². The van der Waals surface area contributed by atoms with Crippen LogP contribution in [0.1, 0.15) is 32.6 Å². The average Bonchev–Trinajstić information content (AvgIpc) is 2.21. The van der Waals surface area contributed by atoms with Crippen LogP contribution in [0.3, 0.4) is 0 Å². The third-order valence-electron chi connectivity index (χ3n) is 3.14. The fourth-order valence-corrected chi connectivity index (χ4v) is 2.07. The van der Waals surface area contributed by atoms with Gasteiger partial charge in [-0.05, 0) is 6.42 Å². The van der Waals surface area contributed by atoms with E-state index in [1.54, 1.807) is 0 Å². The van der Waals surface area contributed by atoms with Gasteiger partial charge in [0.1, 0.15) is 18.3 Å². The van der Waals surface area contributed by atoms with Crippen LogP contribution in [0.25, 0.3) is 0 Å². The zero-order valence-electron chi connectivity index (χ0n) is 8.87. The van der Waals surface area contributed by atoms with E-state index in [0.717, 1.165) is 6.42 Å². The molecule has 0 saturated heterocycles. The van der Waals surface area contributed by atoms with Crippen molar-refractivity contribution in [1.29, 1.82) is 0 Å². The summed E-state index contributed by atoms with van der Waals surface area (Å²) in [5.41, 5.74) is -1.49. The Balaban J connectivity index is 2.72. The summed E-state index contributed by atoms with van der Waals surface area (Å²) in [6.07, 6.45) is -3.71. The summed E-state index contributed by atoms with van der Waals surface area (Å²) in [6.45, 7) is 1.94. The summed E-state index contributed by atoms with van der Waals surface area (Å²) in [6, 6.07) is 0. The lowest BCUT2D eigenvalue weighted by Gasteiger charge is -2.44. The van der Waals surface area contributed by atoms with Gasteiger partial charge in [0, 0.05) is 6.42 Å². The molecule has 0 radical (unpaired) electrons. The van der Waals surface area contributed by atoms with E-state index in [9.17, 15) is 25.5 Å². The highest BCUT2D eigenvalue weighted by molar-refractivity contribution is 5.02. The van der Waals surface area contributed by atoms with Crippen molar-refractivity contribution in [2.45, 2.75) is 62.6 Å². The Morgan fingerprint density at radius 3 is 2.27 bits per heavy atom. The maximum Gasteiger partial charge on any atom is 0.111 e. The van der Waals surface area contributed by atoms with Crippen LogP contribution in [0.5, 0.6) is 0 Å². The lowest BCUT2D eigenvalue weighted by Crippen LogP contribution is -2.62. The molecule has 5 heteroatoms. The second-order valence-electron chi connectivity index (χ2n) is 4.40. The highest BCUT2D eigenvalue weighted by Crippen LogP contribution is 2.33.